The zero-order valence-corrected chi connectivity index (χ0v) is 19.0. The summed E-state index contributed by atoms with van der Waals surface area (Å²) in [7, 11) is 2.08. The van der Waals surface area contributed by atoms with Gasteiger partial charge in [-0.25, -0.2) is 4.98 Å². The van der Waals surface area contributed by atoms with Crippen molar-refractivity contribution in [2.75, 3.05) is 34.4 Å². The van der Waals surface area contributed by atoms with Crippen LogP contribution in [0.4, 0.5) is 28.8 Å². The molecule has 0 aliphatic heterocycles. The molecule has 3 aromatic rings. The van der Waals surface area contributed by atoms with E-state index in [1.165, 1.54) is 6.08 Å². The van der Waals surface area contributed by atoms with Gasteiger partial charge in [0.25, 0.3) is 0 Å². The van der Waals surface area contributed by atoms with Crippen LogP contribution in [0.5, 0.6) is 0 Å². The number of carbonyl (C=O) groups excluding carboxylic acids is 1. The van der Waals surface area contributed by atoms with Crippen molar-refractivity contribution in [3.63, 3.8) is 0 Å². The van der Waals surface area contributed by atoms with Gasteiger partial charge in [-0.1, -0.05) is 37.2 Å². The highest BCUT2D eigenvalue weighted by Gasteiger charge is 2.07. The first-order valence-corrected chi connectivity index (χ1v) is 10.7. The van der Waals surface area contributed by atoms with Crippen LogP contribution in [0.15, 0.2) is 67.4 Å². The Kier molecular flexibility index (Phi) is 8.05. The van der Waals surface area contributed by atoms with Crippen molar-refractivity contribution in [3.8, 4) is 0 Å². The van der Waals surface area contributed by atoms with E-state index in [0.717, 1.165) is 29.9 Å². The summed E-state index contributed by atoms with van der Waals surface area (Å²) in [5.41, 5.74) is 3.77. The summed E-state index contributed by atoms with van der Waals surface area (Å²) in [6, 6.07) is 15.6. The molecule has 0 unspecified atom stereocenters. The Morgan fingerprint density at radius 2 is 1.81 bits per heavy atom. The van der Waals surface area contributed by atoms with Gasteiger partial charge < -0.3 is 20.9 Å². The predicted molar refractivity (Wildman–Crippen MR) is 133 cm³/mol. The van der Waals surface area contributed by atoms with Gasteiger partial charge in [0, 0.05) is 37.2 Å². The molecule has 0 saturated heterocycles. The van der Waals surface area contributed by atoms with Crippen LogP contribution in [0.2, 0.25) is 5.02 Å². The van der Waals surface area contributed by atoms with E-state index in [1.807, 2.05) is 36.4 Å². The van der Waals surface area contributed by atoms with Crippen molar-refractivity contribution in [3.05, 3.63) is 78.0 Å². The summed E-state index contributed by atoms with van der Waals surface area (Å²) in [5.74, 6) is 0.743. The lowest BCUT2D eigenvalue weighted by atomic mass is 10.2. The van der Waals surface area contributed by atoms with Crippen LogP contribution in [-0.4, -0.2) is 29.5 Å². The SMILES string of the molecule is C=CC(=O)Nc1ccc(CNc2nc(Nc3ccc(N(C)CCC)cc3)ncc2Cl)cc1. The Bertz CT molecular complexity index is 1050. The number of amides is 1. The third-order valence-corrected chi connectivity index (χ3v) is 5.01. The maximum atomic E-state index is 11.4. The van der Waals surface area contributed by atoms with Crippen LogP contribution in [0.25, 0.3) is 0 Å². The van der Waals surface area contributed by atoms with Crippen LogP contribution in [-0.2, 0) is 11.3 Å². The van der Waals surface area contributed by atoms with Crippen molar-refractivity contribution in [1.29, 1.82) is 0 Å². The minimum absolute atomic E-state index is 0.244. The molecular formula is C24H27ClN6O. The van der Waals surface area contributed by atoms with Crippen molar-refractivity contribution in [1.82, 2.24) is 9.97 Å². The quantitative estimate of drug-likeness (QED) is 0.356. The van der Waals surface area contributed by atoms with E-state index < -0.39 is 0 Å². The number of carbonyl (C=O) groups is 1. The number of halogens is 1. The highest BCUT2D eigenvalue weighted by molar-refractivity contribution is 6.32. The van der Waals surface area contributed by atoms with Gasteiger partial charge in [-0.3, -0.25) is 4.79 Å². The van der Waals surface area contributed by atoms with Crippen molar-refractivity contribution >= 4 is 46.3 Å². The number of hydrogen-bond acceptors (Lipinski definition) is 6. The molecule has 3 rings (SSSR count). The molecule has 1 aromatic heterocycles. The van der Waals surface area contributed by atoms with Gasteiger partial charge >= 0.3 is 0 Å². The second-order valence-corrected chi connectivity index (χ2v) is 7.63. The Labute approximate surface area is 193 Å². The molecule has 0 bridgehead atoms. The van der Waals surface area contributed by atoms with Crippen molar-refractivity contribution in [2.24, 2.45) is 0 Å². The number of rotatable bonds is 10. The zero-order valence-electron chi connectivity index (χ0n) is 18.2. The minimum Gasteiger partial charge on any atom is -0.375 e. The van der Waals surface area contributed by atoms with Crippen LogP contribution in [0.1, 0.15) is 18.9 Å². The van der Waals surface area contributed by atoms with Crippen molar-refractivity contribution < 1.29 is 4.79 Å². The number of nitrogens with zero attached hydrogens (tertiary/aromatic N) is 3. The Morgan fingerprint density at radius 1 is 1.12 bits per heavy atom. The predicted octanol–water partition coefficient (Wildman–Crippen LogP) is 5.46. The van der Waals surface area contributed by atoms with Crippen LogP contribution < -0.4 is 20.9 Å². The minimum atomic E-state index is -0.244. The zero-order chi connectivity index (χ0) is 22.9. The molecule has 7 nitrogen and oxygen atoms in total. The van der Waals surface area contributed by atoms with E-state index in [0.29, 0.717) is 29.0 Å². The fourth-order valence-electron chi connectivity index (χ4n) is 3.03. The Morgan fingerprint density at radius 3 is 2.47 bits per heavy atom. The van der Waals surface area contributed by atoms with E-state index in [9.17, 15) is 4.79 Å². The topological polar surface area (TPSA) is 82.2 Å². The van der Waals surface area contributed by atoms with E-state index in [-0.39, 0.29) is 5.91 Å². The number of benzene rings is 2. The Balaban J connectivity index is 1.62. The summed E-state index contributed by atoms with van der Waals surface area (Å²) in [6.45, 7) is 7.13. The maximum absolute atomic E-state index is 11.4. The number of nitrogens with one attached hydrogen (secondary N) is 3. The molecule has 0 spiro atoms. The lowest BCUT2D eigenvalue weighted by molar-refractivity contribution is -0.111. The van der Waals surface area contributed by atoms with E-state index in [4.69, 9.17) is 11.6 Å². The van der Waals surface area contributed by atoms with Gasteiger partial charge in [-0.05, 0) is 54.5 Å². The van der Waals surface area contributed by atoms with Gasteiger partial charge in [0.05, 0.1) is 6.20 Å². The highest BCUT2D eigenvalue weighted by Crippen LogP contribution is 2.23. The largest absolute Gasteiger partial charge is 0.375 e. The van der Waals surface area contributed by atoms with E-state index in [1.54, 1.807) is 6.20 Å². The van der Waals surface area contributed by atoms with Gasteiger partial charge in [0.15, 0.2) is 5.82 Å². The molecule has 166 valence electrons. The molecule has 0 aliphatic rings. The average molecular weight is 451 g/mol. The molecule has 32 heavy (non-hydrogen) atoms. The van der Waals surface area contributed by atoms with Crippen molar-refractivity contribution in [2.45, 2.75) is 19.9 Å². The molecule has 0 atom stereocenters. The first-order chi connectivity index (χ1) is 15.5. The second kappa shape index (κ2) is 11.2. The average Bonchev–Trinajstić information content (AvgIpc) is 2.81. The third kappa shape index (κ3) is 6.46. The van der Waals surface area contributed by atoms with Crippen LogP contribution in [0.3, 0.4) is 0 Å². The lowest BCUT2D eigenvalue weighted by Crippen LogP contribution is -2.17. The molecule has 1 amide bonds. The lowest BCUT2D eigenvalue weighted by Gasteiger charge is -2.18. The molecule has 2 aromatic carbocycles. The molecule has 0 aliphatic carbocycles. The van der Waals surface area contributed by atoms with Crippen LogP contribution >= 0.6 is 11.6 Å². The summed E-state index contributed by atoms with van der Waals surface area (Å²) in [5, 5.41) is 9.59. The van der Waals surface area contributed by atoms with E-state index >= 15 is 0 Å². The molecule has 0 saturated carbocycles. The standard InChI is InChI=1S/C24H27ClN6O/c1-4-14-31(3)20-12-10-19(11-13-20)29-24-27-16-21(25)23(30-24)26-15-17-6-8-18(9-7-17)28-22(32)5-2/h5-13,16H,2,4,14-15H2,1,3H3,(H,28,32)(H2,26,27,29,30). The first kappa shape index (κ1) is 23.1. The fourth-order valence-corrected chi connectivity index (χ4v) is 3.19. The first-order valence-electron chi connectivity index (χ1n) is 10.4. The number of anilines is 5. The second-order valence-electron chi connectivity index (χ2n) is 7.23. The van der Waals surface area contributed by atoms with Gasteiger partial charge in [-0.2, -0.15) is 4.98 Å². The monoisotopic (exact) mass is 450 g/mol. The van der Waals surface area contributed by atoms with Gasteiger partial charge in [0.1, 0.15) is 5.02 Å². The summed E-state index contributed by atoms with van der Waals surface area (Å²) >= 11 is 6.27. The maximum Gasteiger partial charge on any atom is 0.247 e. The Hall–Kier alpha value is -3.58. The molecule has 8 heteroatoms. The number of aromatic nitrogens is 2. The van der Waals surface area contributed by atoms with Gasteiger partial charge in [-0.15, -0.1) is 0 Å². The van der Waals surface area contributed by atoms with Crippen LogP contribution in [0, 0.1) is 0 Å². The molecule has 0 fully saturated rings. The number of hydrogen-bond donors (Lipinski definition) is 3. The molecule has 3 N–H and O–H groups in total. The van der Waals surface area contributed by atoms with Gasteiger partial charge in [0.2, 0.25) is 11.9 Å². The summed E-state index contributed by atoms with van der Waals surface area (Å²) in [4.78, 5) is 22.3. The summed E-state index contributed by atoms with van der Waals surface area (Å²) in [6.07, 6.45) is 3.90. The normalized spacial score (nSPS) is 10.3. The smallest absolute Gasteiger partial charge is 0.247 e. The third-order valence-electron chi connectivity index (χ3n) is 4.73. The molecule has 1 heterocycles. The fraction of sp³-hybridized carbons (Fsp3) is 0.208. The summed E-state index contributed by atoms with van der Waals surface area (Å²) < 4.78 is 0. The molecule has 0 radical (unpaired) electrons. The van der Waals surface area contributed by atoms with E-state index in [2.05, 4.69) is 63.5 Å². The molecular weight excluding hydrogens is 424 g/mol. The highest BCUT2D eigenvalue weighted by atomic mass is 35.5.